The molecule has 0 saturated heterocycles. The van der Waals surface area contributed by atoms with E-state index < -0.39 is 12.4 Å². The second-order valence-electron chi connectivity index (χ2n) is 6.34. The van der Waals surface area contributed by atoms with Crippen molar-refractivity contribution >= 4 is 34.0 Å². The molecule has 2 heterocycles. The van der Waals surface area contributed by atoms with E-state index in [1.807, 2.05) is 0 Å². The third-order valence-corrected chi connectivity index (χ3v) is 4.25. The van der Waals surface area contributed by atoms with Crippen molar-refractivity contribution in [2.45, 2.75) is 13.5 Å². The van der Waals surface area contributed by atoms with Crippen molar-refractivity contribution in [3.63, 3.8) is 0 Å². The molecular weight excluding hydrogens is 399 g/mol. The molecule has 4 rings (SSSR count). The van der Waals surface area contributed by atoms with Crippen LogP contribution < -0.4 is 21.5 Å². The van der Waals surface area contributed by atoms with Gasteiger partial charge in [-0.2, -0.15) is 23.1 Å². The van der Waals surface area contributed by atoms with Crippen LogP contribution in [0, 0.1) is 12.7 Å². The lowest BCUT2D eigenvalue weighted by molar-refractivity contribution is -0.0498. The first-order valence-electron chi connectivity index (χ1n) is 8.71. The van der Waals surface area contributed by atoms with Crippen LogP contribution in [0.1, 0.15) is 5.82 Å². The van der Waals surface area contributed by atoms with Crippen molar-refractivity contribution in [3.05, 3.63) is 54.1 Å². The van der Waals surface area contributed by atoms with E-state index in [-0.39, 0.29) is 23.3 Å². The van der Waals surface area contributed by atoms with Crippen molar-refractivity contribution in [3.8, 4) is 11.7 Å². The third kappa shape index (κ3) is 3.64. The Labute approximate surface area is 168 Å². The Bertz CT molecular complexity index is 1230. The molecule has 0 spiro atoms. The monoisotopic (exact) mass is 415 g/mol. The van der Waals surface area contributed by atoms with Gasteiger partial charge in [-0.1, -0.05) is 0 Å². The van der Waals surface area contributed by atoms with Gasteiger partial charge < -0.3 is 21.5 Å². The van der Waals surface area contributed by atoms with E-state index in [0.717, 1.165) is 0 Å². The Balaban J connectivity index is 1.73. The van der Waals surface area contributed by atoms with Gasteiger partial charge in [-0.05, 0) is 49.4 Å². The maximum absolute atomic E-state index is 14.6. The van der Waals surface area contributed by atoms with Crippen molar-refractivity contribution in [2.24, 2.45) is 0 Å². The summed E-state index contributed by atoms with van der Waals surface area (Å²) in [5.41, 5.74) is 13.8. The molecule has 0 aliphatic carbocycles. The Morgan fingerprint density at radius 1 is 1.03 bits per heavy atom. The van der Waals surface area contributed by atoms with Crippen LogP contribution in [0.5, 0.6) is 5.75 Å². The van der Waals surface area contributed by atoms with Crippen LogP contribution in [0.3, 0.4) is 0 Å². The number of fused-ring (bicyclic) bond motifs is 1. The van der Waals surface area contributed by atoms with E-state index in [0.29, 0.717) is 28.2 Å². The van der Waals surface area contributed by atoms with Gasteiger partial charge in [-0.15, -0.1) is 0 Å². The summed E-state index contributed by atoms with van der Waals surface area (Å²) in [4.78, 5) is 12.7. The molecule has 0 amide bonds. The van der Waals surface area contributed by atoms with Gasteiger partial charge in [0.15, 0.2) is 11.6 Å². The molecule has 8 nitrogen and oxygen atoms in total. The molecule has 0 radical (unpaired) electrons. The van der Waals surface area contributed by atoms with Crippen LogP contribution >= 0.6 is 0 Å². The SMILES string of the molecule is Cc1nc2ccc(N)cc2n1-c1nc(N)c(F)c(Nc2ccc(OC(F)F)cc2)n1. The molecular formula is C19H16F3N7O. The highest BCUT2D eigenvalue weighted by molar-refractivity contribution is 5.81. The fourth-order valence-corrected chi connectivity index (χ4v) is 2.96. The fourth-order valence-electron chi connectivity index (χ4n) is 2.96. The van der Waals surface area contributed by atoms with Gasteiger partial charge in [0.2, 0.25) is 11.8 Å². The standard InChI is InChI=1S/C19H16F3N7O/c1-9-25-13-7-2-10(23)8-14(13)29(9)19-27-16(24)15(20)17(28-19)26-11-3-5-12(6-4-11)30-18(21)22/h2-8,18H,23H2,1H3,(H3,24,26,27,28). The zero-order chi connectivity index (χ0) is 21.4. The predicted octanol–water partition coefficient (Wildman–Crippen LogP) is 3.77. The Kier molecular flexibility index (Phi) is 4.78. The number of aryl methyl sites for hydroxylation is 1. The van der Waals surface area contributed by atoms with Gasteiger partial charge in [0.25, 0.3) is 0 Å². The number of halogens is 3. The van der Waals surface area contributed by atoms with E-state index in [1.165, 1.54) is 24.3 Å². The van der Waals surface area contributed by atoms with Crippen LogP contribution in [0.2, 0.25) is 0 Å². The number of rotatable bonds is 5. The highest BCUT2D eigenvalue weighted by Crippen LogP contribution is 2.27. The van der Waals surface area contributed by atoms with Gasteiger partial charge in [0.05, 0.1) is 11.0 Å². The molecule has 154 valence electrons. The van der Waals surface area contributed by atoms with Crippen molar-refractivity contribution in [2.75, 3.05) is 16.8 Å². The minimum absolute atomic E-state index is 0.0305. The minimum Gasteiger partial charge on any atom is -0.435 e. The lowest BCUT2D eigenvalue weighted by Crippen LogP contribution is -2.11. The lowest BCUT2D eigenvalue weighted by Gasteiger charge is -2.12. The first-order valence-corrected chi connectivity index (χ1v) is 8.71. The Morgan fingerprint density at radius 2 is 1.77 bits per heavy atom. The average molecular weight is 415 g/mol. The molecule has 0 aliphatic heterocycles. The number of hydrogen-bond acceptors (Lipinski definition) is 7. The molecule has 2 aromatic carbocycles. The summed E-state index contributed by atoms with van der Waals surface area (Å²) in [6.45, 7) is -1.19. The minimum atomic E-state index is -2.94. The lowest BCUT2D eigenvalue weighted by atomic mass is 10.3. The molecule has 11 heteroatoms. The van der Waals surface area contributed by atoms with E-state index in [1.54, 1.807) is 29.7 Å². The molecule has 0 aliphatic rings. The van der Waals surface area contributed by atoms with Crippen LogP contribution in [-0.4, -0.2) is 26.1 Å². The van der Waals surface area contributed by atoms with Gasteiger partial charge in [0, 0.05) is 11.4 Å². The second kappa shape index (κ2) is 7.43. The summed E-state index contributed by atoms with van der Waals surface area (Å²) in [6, 6.07) is 10.7. The largest absolute Gasteiger partial charge is 0.435 e. The molecule has 5 N–H and O–H groups in total. The highest BCUT2D eigenvalue weighted by Gasteiger charge is 2.18. The Morgan fingerprint density at radius 3 is 2.47 bits per heavy atom. The molecule has 0 saturated carbocycles. The van der Waals surface area contributed by atoms with E-state index in [2.05, 4.69) is 25.0 Å². The quantitative estimate of drug-likeness (QED) is 0.425. The van der Waals surface area contributed by atoms with E-state index in [9.17, 15) is 13.2 Å². The summed E-state index contributed by atoms with van der Waals surface area (Å²) in [5, 5.41) is 2.77. The smallest absolute Gasteiger partial charge is 0.387 e. The van der Waals surface area contributed by atoms with E-state index in [4.69, 9.17) is 11.5 Å². The summed E-state index contributed by atoms with van der Waals surface area (Å²) >= 11 is 0. The number of aromatic nitrogens is 4. The third-order valence-electron chi connectivity index (χ3n) is 4.25. The number of nitrogens with zero attached hydrogens (tertiary/aromatic N) is 4. The normalized spacial score (nSPS) is 11.2. The van der Waals surface area contributed by atoms with Crippen molar-refractivity contribution in [1.82, 2.24) is 19.5 Å². The number of hydrogen-bond donors (Lipinski definition) is 3. The molecule has 2 aromatic heterocycles. The van der Waals surface area contributed by atoms with Crippen molar-refractivity contribution in [1.29, 1.82) is 0 Å². The van der Waals surface area contributed by atoms with Gasteiger partial charge in [0.1, 0.15) is 11.6 Å². The molecule has 0 atom stereocenters. The van der Waals surface area contributed by atoms with Crippen LogP contribution in [0.4, 0.5) is 36.2 Å². The van der Waals surface area contributed by atoms with Crippen LogP contribution in [0.25, 0.3) is 17.0 Å². The number of nitrogen functional groups attached to an aromatic ring is 2. The van der Waals surface area contributed by atoms with Gasteiger partial charge in [-0.25, -0.2) is 4.98 Å². The molecule has 0 fully saturated rings. The van der Waals surface area contributed by atoms with Crippen LogP contribution in [0.15, 0.2) is 42.5 Å². The number of nitrogens with one attached hydrogen (secondary N) is 1. The predicted molar refractivity (Wildman–Crippen MR) is 107 cm³/mol. The number of imidazole rings is 1. The van der Waals surface area contributed by atoms with Gasteiger partial charge in [-0.3, -0.25) is 4.57 Å². The summed E-state index contributed by atoms with van der Waals surface area (Å²) in [7, 11) is 0. The number of alkyl halides is 2. The average Bonchev–Trinajstić information content (AvgIpc) is 3.01. The van der Waals surface area contributed by atoms with Gasteiger partial charge >= 0.3 is 6.61 Å². The molecule has 30 heavy (non-hydrogen) atoms. The molecule has 0 bridgehead atoms. The second-order valence-corrected chi connectivity index (χ2v) is 6.34. The molecule has 4 aromatic rings. The maximum atomic E-state index is 14.6. The number of anilines is 4. The summed E-state index contributed by atoms with van der Waals surface area (Å²) in [6.07, 6.45) is 0. The maximum Gasteiger partial charge on any atom is 0.387 e. The molecule has 0 unspecified atom stereocenters. The first-order chi connectivity index (χ1) is 14.3. The summed E-state index contributed by atoms with van der Waals surface area (Å²) in [5.74, 6) is -0.790. The summed E-state index contributed by atoms with van der Waals surface area (Å²) < 4.78 is 45.0. The first kappa shape index (κ1) is 19.3. The highest BCUT2D eigenvalue weighted by atomic mass is 19.3. The van der Waals surface area contributed by atoms with Crippen LogP contribution in [-0.2, 0) is 0 Å². The Hall–Kier alpha value is -4.02. The zero-order valence-corrected chi connectivity index (χ0v) is 15.6. The zero-order valence-electron chi connectivity index (χ0n) is 15.6. The number of ether oxygens (including phenoxy) is 1. The van der Waals surface area contributed by atoms with E-state index >= 15 is 0 Å². The topological polar surface area (TPSA) is 117 Å². The fraction of sp³-hybridized carbons (Fsp3) is 0.105. The number of benzene rings is 2. The number of nitrogens with two attached hydrogens (primary N) is 2. The van der Waals surface area contributed by atoms with Crippen molar-refractivity contribution < 1.29 is 17.9 Å².